The summed E-state index contributed by atoms with van der Waals surface area (Å²) in [5.41, 5.74) is 3.56. The van der Waals surface area contributed by atoms with E-state index in [9.17, 15) is 9.59 Å². The third-order valence-electron chi connectivity index (χ3n) is 4.91. The number of para-hydroxylation sites is 1. The summed E-state index contributed by atoms with van der Waals surface area (Å²) in [6.45, 7) is -0.0706. The van der Waals surface area contributed by atoms with Crippen LogP contribution in [0.5, 0.6) is 5.75 Å². The Hall–Kier alpha value is -3.83. The predicted molar refractivity (Wildman–Crippen MR) is 134 cm³/mol. The fourth-order valence-electron chi connectivity index (χ4n) is 3.24. The molecular formula is C28H23NO3S. The van der Waals surface area contributed by atoms with E-state index in [4.69, 9.17) is 4.74 Å². The molecular weight excluding hydrogens is 430 g/mol. The summed E-state index contributed by atoms with van der Waals surface area (Å²) in [4.78, 5) is 25.7. The maximum atomic E-state index is 12.6. The number of carbonyl (C=O) groups is 2. The number of hydrogen-bond donors (Lipinski definition) is 1. The van der Waals surface area contributed by atoms with Crippen molar-refractivity contribution in [2.45, 2.75) is 4.90 Å². The van der Waals surface area contributed by atoms with Crippen LogP contribution in [0.15, 0.2) is 114 Å². The Bertz CT molecular complexity index is 1210. The number of nitrogens with one attached hydrogen (secondary N) is 1. The van der Waals surface area contributed by atoms with Crippen molar-refractivity contribution in [3.8, 4) is 16.9 Å². The number of hydrogen-bond acceptors (Lipinski definition) is 4. The molecule has 0 radical (unpaired) electrons. The number of ketones is 1. The van der Waals surface area contributed by atoms with E-state index < -0.39 is 0 Å². The highest BCUT2D eigenvalue weighted by Gasteiger charge is 2.09. The Morgan fingerprint density at radius 2 is 1.39 bits per heavy atom. The Morgan fingerprint density at radius 3 is 2.12 bits per heavy atom. The van der Waals surface area contributed by atoms with E-state index in [-0.39, 0.29) is 18.3 Å². The highest BCUT2D eigenvalue weighted by molar-refractivity contribution is 8.00. The van der Waals surface area contributed by atoms with Crippen LogP contribution in [0.3, 0.4) is 0 Å². The molecule has 0 spiro atoms. The molecule has 5 heteroatoms. The van der Waals surface area contributed by atoms with E-state index in [0.29, 0.717) is 22.8 Å². The average Bonchev–Trinajstić information content (AvgIpc) is 2.87. The summed E-state index contributed by atoms with van der Waals surface area (Å²) in [6, 6.07) is 34.4. The molecule has 0 atom stereocenters. The largest absolute Gasteiger partial charge is 0.484 e. The fraction of sp³-hybridized carbons (Fsp3) is 0.0714. The van der Waals surface area contributed by atoms with Crippen LogP contribution >= 0.6 is 11.8 Å². The summed E-state index contributed by atoms with van der Waals surface area (Å²) in [5.74, 6) is 0.785. The molecule has 0 bridgehead atoms. The SMILES string of the molecule is O=C(COc1ccccc1)Nc1cccc(SCC(=O)c2ccc(-c3ccccc3)cc2)c1. The Labute approximate surface area is 197 Å². The smallest absolute Gasteiger partial charge is 0.262 e. The normalized spacial score (nSPS) is 10.4. The topological polar surface area (TPSA) is 55.4 Å². The number of Topliss-reactive ketones (excluding diaryl/α,β-unsaturated/α-hetero) is 1. The van der Waals surface area contributed by atoms with Crippen LogP contribution in [-0.2, 0) is 4.79 Å². The first-order valence-corrected chi connectivity index (χ1v) is 11.6. The molecule has 0 fully saturated rings. The van der Waals surface area contributed by atoms with Crippen LogP contribution in [0.2, 0.25) is 0 Å². The van der Waals surface area contributed by atoms with Gasteiger partial charge in [-0.2, -0.15) is 0 Å². The molecule has 0 saturated heterocycles. The molecule has 0 aromatic heterocycles. The zero-order chi connectivity index (χ0) is 22.9. The molecule has 4 nitrogen and oxygen atoms in total. The van der Waals surface area contributed by atoms with E-state index >= 15 is 0 Å². The highest BCUT2D eigenvalue weighted by atomic mass is 32.2. The second-order valence-electron chi connectivity index (χ2n) is 7.33. The van der Waals surface area contributed by atoms with Gasteiger partial charge in [-0.1, -0.05) is 78.9 Å². The first kappa shape index (κ1) is 22.4. The molecule has 0 unspecified atom stereocenters. The summed E-state index contributed by atoms with van der Waals surface area (Å²) in [7, 11) is 0. The van der Waals surface area contributed by atoms with Gasteiger partial charge in [0.25, 0.3) is 5.91 Å². The first-order chi connectivity index (χ1) is 16.2. The van der Waals surface area contributed by atoms with Gasteiger partial charge < -0.3 is 10.1 Å². The minimum Gasteiger partial charge on any atom is -0.484 e. The number of benzene rings is 4. The minimum absolute atomic E-state index is 0.0605. The molecule has 0 saturated carbocycles. The van der Waals surface area contributed by atoms with E-state index in [1.54, 1.807) is 12.1 Å². The molecule has 4 aromatic rings. The molecule has 33 heavy (non-hydrogen) atoms. The molecule has 0 aliphatic heterocycles. The number of rotatable bonds is 9. The lowest BCUT2D eigenvalue weighted by atomic mass is 10.0. The fourth-order valence-corrected chi connectivity index (χ4v) is 4.09. The van der Waals surface area contributed by atoms with Gasteiger partial charge in [0.2, 0.25) is 0 Å². The minimum atomic E-state index is -0.240. The van der Waals surface area contributed by atoms with Gasteiger partial charge in [0.15, 0.2) is 12.4 Å². The lowest BCUT2D eigenvalue weighted by Crippen LogP contribution is -2.20. The van der Waals surface area contributed by atoms with Crippen molar-refractivity contribution in [2.24, 2.45) is 0 Å². The van der Waals surface area contributed by atoms with Gasteiger partial charge in [0, 0.05) is 16.1 Å². The third-order valence-corrected chi connectivity index (χ3v) is 5.91. The standard InChI is InChI=1S/C28H23NO3S/c30-27(23-16-14-22(15-17-23)21-8-3-1-4-9-21)20-33-26-13-7-10-24(18-26)29-28(31)19-32-25-11-5-2-6-12-25/h1-18H,19-20H2,(H,29,31). The Balaban J connectivity index is 1.29. The van der Waals surface area contributed by atoms with E-state index in [1.165, 1.54) is 11.8 Å². The molecule has 4 rings (SSSR count). The van der Waals surface area contributed by atoms with Crippen molar-refractivity contribution in [3.05, 3.63) is 115 Å². The van der Waals surface area contributed by atoms with Crippen molar-refractivity contribution in [2.75, 3.05) is 17.7 Å². The van der Waals surface area contributed by atoms with Crippen LogP contribution in [0, 0.1) is 0 Å². The second-order valence-corrected chi connectivity index (χ2v) is 8.38. The van der Waals surface area contributed by atoms with Gasteiger partial charge in [-0.15, -0.1) is 11.8 Å². The van der Waals surface area contributed by atoms with Crippen molar-refractivity contribution >= 4 is 29.1 Å². The quantitative estimate of drug-likeness (QED) is 0.237. The summed E-state index contributed by atoms with van der Waals surface area (Å²) in [6.07, 6.45) is 0. The monoisotopic (exact) mass is 453 g/mol. The average molecular weight is 454 g/mol. The van der Waals surface area contributed by atoms with E-state index in [1.807, 2.05) is 97.1 Å². The van der Waals surface area contributed by atoms with Crippen LogP contribution in [-0.4, -0.2) is 24.1 Å². The zero-order valence-electron chi connectivity index (χ0n) is 17.9. The Kier molecular flexibility index (Phi) is 7.56. The van der Waals surface area contributed by atoms with Crippen molar-refractivity contribution in [1.29, 1.82) is 0 Å². The van der Waals surface area contributed by atoms with Crippen molar-refractivity contribution in [3.63, 3.8) is 0 Å². The number of anilines is 1. The van der Waals surface area contributed by atoms with Gasteiger partial charge in [0.1, 0.15) is 5.75 Å². The zero-order valence-corrected chi connectivity index (χ0v) is 18.8. The van der Waals surface area contributed by atoms with E-state index in [2.05, 4.69) is 5.32 Å². The lowest BCUT2D eigenvalue weighted by Gasteiger charge is -2.09. The van der Waals surface area contributed by atoms with Crippen molar-refractivity contribution in [1.82, 2.24) is 0 Å². The van der Waals surface area contributed by atoms with Crippen molar-refractivity contribution < 1.29 is 14.3 Å². The molecule has 0 heterocycles. The molecule has 1 N–H and O–H groups in total. The Morgan fingerprint density at radius 1 is 0.727 bits per heavy atom. The molecule has 164 valence electrons. The van der Waals surface area contributed by atoms with Gasteiger partial charge >= 0.3 is 0 Å². The molecule has 1 amide bonds. The van der Waals surface area contributed by atoms with Crippen LogP contribution < -0.4 is 10.1 Å². The first-order valence-electron chi connectivity index (χ1n) is 10.6. The summed E-state index contributed by atoms with van der Waals surface area (Å²) < 4.78 is 5.47. The third kappa shape index (κ3) is 6.57. The maximum Gasteiger partial charge on any atom is 0.262 e. The summed E-state index contributed by atoms with van der Waals surface area (Å²) in [5, 5.41) is 2.83. The number of amides is 1. The van der Waals surface area contributed by atoms with Gasteiger partial charge in [-0.25, -0.2) is 0 Å². The number of thioether (sulfide) groups is 1. The molecule has 0 aliphatic carbocycles. The lowest BCUT2D eigenvalue weighted by molar-refractivity contribution is -0.118. The van der Waals surface area contributed by atoms with Crippen LogP contribution in [0.4, 0.5) is 5.69 Å². The maximum absolute atomic E-state index is 12.6. The van der Waals surface area contributed by atoms with Crippen LogP contribution in [0.25, 0.3) is 11.1 Å². The van der Waals surface area contributed by atoms with Crippen LogP contribution in [0.1, 0.15) is 10.4 Å². The van der Waals surface area contributed by atoms with Gasteiger partial charge in [0.05, 0.1) is 5.75 Å². The van der Waals surface area contributed by atoms with Gasteiger partial charge in [-0.05, 0) is 41.5 Å². The summed E-state index contributed by atoms with van der Waals surface area (Å²) >= 11 is 1.44. The van der Waals surface area contributed by atoms with E-state index in [0.717, 1.165) is 16.0 Å². The molecule has 0 aliphatic rings. The number of carbonyl (C=O) groups excluding carboxylic acids is 2. The number of ether oxygens (including phenoxy) is 1. The molecule has 4 aromatic carbocycles. The predicted octanol–water partition coefficient (Wildman–Crippen LogP) is 6.35. The van der Waals surface area contributed by atoms with Gasteiger partial charge in [-0.3, -0.25) is 9.59 Å². The second kappa shape index (κ2) is 11.2. The highest BCUT2D eigenvalue weighted by Crippen LogP contribution is 2.24.